The summed E-state index contributed by atoms with van der Waals surface area (Å²) in [5.74, 6) is 1.02. The van der Waals surface area contributed by atoms with Crippen LogP contribution in [-0.4, -0.2) is 29.6 Å². The topological polar surface area (TPSA) is 32.7 Å². The quantitative estimate of drug-likeness (QED) is 0.807. The molecule has 0 bridgehead atoms. The third-order valence-electron chi connectivity index (χ3n) is 4.02. The van der Waals surface area contributed by atoms with Gasteiger partial charge in [-0.2, -0.15) is 0 Å². The molecule has 0 radical (unpaired) electrons. The minimum Gasteiger partial charge on any atom is -0.351 e. The summed E-state index contributed by atoms with van der Waals surface area (Å²) in [5.41, 5.74) is 1.82. The number of aliphatic imine (C=N–C) groups is 1. The Bertz CT molecular complexity index is 664. The van der Waals surface area contributed by atoms with Crippen molar-refractivity contribution in [3.63, 3.8) is 0 Å². The Morgan fingerprint density at radius 3 is 2.19 bits per heavy atom. The van der Waals surface area contributed by atoms with Crippen molar-refractivity contribution in [1.29, 1.82) is 0 Å². The van der Waals surface area contributed by atoms with Gasteiger partial charge >= 0.3 is 0 Å². The van der Waals surface area contributed by atoms with Crippen LogP contribution >= 0.6 is 0 Å². The zero-order valence-electron chi connectivity index (χ0n) is 12.2. The summed E-state index contributed by atoms with van der Waals surface area (Å²) < 4.78 is 0. The van der Waals surface area contributed by atoms with Gasteiger partial charge in [-0.25, -0.2) is 0 Å². The largest absolute Gasteiger partial charge is 0.351 e. The van der Waals surface area contributed by atoms with Crippen LogP contribution in [0.1, 0.15) is 28.9 Å². The molecule has 0 fully saturated rings. The molecule has 0 N–H and O–H groups in total. The zero-order chi connectivity index (χ0) is 14.8. The predicted molar refractivity (Wildman–Crippen MR) is 84.6 cm³/mol. The van der Waals surface area contributed by atoms with Gasteiger partial charge in [0.25, 0.3) is 0 Å². The molecule has 1 aliphatic heterocycles. The summed E-state index contributed by atoms with van der Waals surface area (Å²) in [4.78, 5) is 19.5. The highest BCUT2D eigenvalue weighted by Crippen LogP contribution is 2.32. The van der Waals surface area contributed by atoms with E-state index in [1.807, 2.05) is 79.5 Å². The smallest absolute Gasteiger partial charge is 0.187 e. The first-order valence-electron chi connectivity index (χ1n) is 7.10. The Balaban J connectivity index is 1.98. The fraction of sp³-hybridized carbons (Fsp3) is 0.222. The summed E-state index contributed by atoms with van der Waals surface area (Å²) in [5, 5.41) is 0. The van der Waals surface area contributed by atoms with Crippen molar-refractivity contribution in [1.82, 2.24) is 4.90 Å². The minimum atomic E-state index is -0.269. The summed E-state index contributed by atoms with van der Waals surface area (Å²) in [6.07, 6.45) is 0. The van der Waals surface area contributed by atoms with Gasteiger partial charge in [0.15, 0.2) is 5.78 Å². The van der Waals surface area contributed by atoms with E-state index in [4.69, 9.17) is 0 Å². The number of nitrogens with zero attached hydrogens (tertiary/aromatic N) is 2. The highest BCUT2D eigenvalue weighted by Gasteiger charge is 2.38. The lowest BCUT2D eigenvalue weighted by atomic mass is 9.93. The number of amidine groups is 1. The maximum absolute atomic E-state index is 12.9. The molecule has 106 valence electrons. The minimum absolute atomic E-state index is 0.118. The van der Waals surface area contributed by atoms with Gasteiger partial charge in [-0.3, -0.25) is 9.79 Å². The lowest BCUT2D eigenvalue weighted by Crippen LogP contribution is -2.39. The summed E-state index contributed by atoms with van der Waals surface area (Å²) in [6.45, 7) is 1.95. The highest BCUT2D eigenvalue weighted by atomic mass is 16.1. The van der Waals surface area contributed by atoms with Crippen LogP contribution in [0.2, 0.25) is 0 Å². The van der Waals surface area contributed by atoms with E-state index in [0.717, 1.165) is 17.0 Å². The van der Waals surface area contributed by atoms with E-state index in [1.54, 1.807) is 0 Å². The van der Waals surface area contributed by atoms with Gasteiger partial charge in [-0.1, -0.05) is 60.7 Å². The molecule has 1 heterocycles. The van der Waals surface area contributed by atoms with Crippen LogP contribution in [0, 0.1) is 0 Å². The molecule has 0 aliphatic carbocycles. The van der Waals surface area contributed by atoms with E-state index in [9.17, 15) is 4.79 Å². The Morgan fingerprint density at radius 1 is 1.00 bits per heavy atom. The lowest BCUT2D eigenvalue weighted by molar-refractivity contribution is 0.0895. The maximum atomic E-state index is 12.9. The molecule has 0 unspecified atom stereocenters. The molecule has 0 saturated heterocycles. The third-order valence-corrected chi connectivity index (χ3v) is 4.02. The number of hydrogen-bond donors (Lipinski definition) is 0. The van der Waals surface area contributed by atoms with Crippen molar-refractivity contribution < 1.29 is 4.79 Å². The van der Waals surface area contributed by atoms with Gasteiger partial charge in [0.2, 0.25) is 0 Å². The van der Waals surface area contributed by atoms with Gasteiger partial charge < -0.3 is 4.90 Å². The van der Waals surface area contributed by atoms with Crippen LogP contribution in [0.5, 0.6) is 0 Å². The zero-order valence-corrected chi connectivity index (χ0v) is 12.2. The Morgan fingerprint density at radius 2 is 1.57 bits per heavy atom. The average Bonchev–Trinajstić information content (AvgIpc) is 2.84. The summed E-state index contributed by atoms with van der Waals surface area (Å²) in [7, 11) is 1.94. The van der Waals surface area contributed by atoms with Crippen molar-refractivity contribution in [3.05, 3.63) is 71.8 Å². The van der Waals surface area contributed by atoms with Crippen molar-refractivity contribution in [2.45, 2.75) is 19.0 Å². The second-order valence-electron chi connectivity index (χ2n) is 5.32. The van der Waals surface area contributed by atoms with E-state index in [2.05, 4.69) is 4.99 Å². The van der Waals surface area contributed by atoms with E-state index >= 15 is 0 Å². The number of carbonyl (C=O) groups excluding carboxylic acids is 1. The van der Waals surface area contributed by atoms with E-state index in [0.29, 0.717) is 0 Å². The van der Waals surface area contributed by atoms with Crippen LogP contribution in [0.4, 0.5) is 0 Å². The first-order valence-corrected chi connectivity index (χ1v) is 7.10. The first-order chi connectivity index (χ1) is 10.2. The summed E-state index contributed by atoms with van der Waals surface area (Å²) >= 11 is 0. The molecular weight excluding hydrogens is 260 g/mol. The maximum Gasteiger partial charge on any atom is 0.187 e. The number of likely N-dealkylation sites (N-methyl/N-ethyl adjacent to an activating group) is 1. The number of carbonyl (C=O) groups is 1. The predicted octanol–water partition coefficient (Wildman–Crippen LogP) is 3.34. The molecular formula is C18H18N2O. The standard InChI is InChI=1S/C18H18N2O/c1-13-19-16(14-9-5-3-6-10-14)17(20(13)2)18(21)15-11-7-4-8-12-15/h3-12,16-17H,1-2H3/t16-,17+/m0/s1. The average molecular weight is 278 g/mol. The molecule has 21 heavy (non-hydrogen) atoms. The van der Waals surface area contributed by atoms with Crippen molar-refractivity contribution in [3.8, 4) is 0 Å². The monoisotopic (exact) mass is 278 g/mol. The van der Waals surface area contributed by atoms with Crippen LogP contribution in [-0.2, 0) is 0 Å². The molecule has 3 rings (SSSR count). The molecule has 0 saturated carbocycles. The second-order valence-corrected chi connectivity index (χ2v) is 5.32. The molecule has 2 atom stereocenters. The van der Waals surface area contributed by atoms with Crippen LogP contribution in [0.15, 0.2) is 65.7 Å². The number of ketones is 1. The second kappa shape index (κ2) is 5.52. The molecule has 1 aliphatic rings. The van der Waals surface area contributed by atoms with Gasteiger partial charge in [-0.05, 0) is 12.5 Å². The summed E-state index contributed by atoms with van der Waals surface area (Å²) in [6, 6.07) is 19.1. The first kappa shape index (κ1) is 13.6. The van der Waals surface area contributed by atoms with Crippen molar-refractivity contribution in [2.75, 3.05) is 7.05 Å². The Hall–Kier alpha value is -2.42. The number of benzene rings is 2. The Labute approximate surface area is 124 Å². The number of rotatable bonds is 3. The van der Waals surface area contributed by atoms with E-state index in [-0.39, 0.29) is 17.9 Å². The van der Waals surface area contributed by atoms with Crippen molar-refractivity contribution >= 4 is 11.6 Å². The molecule has 0 spiro atoms. The Kier molecular flexibility index (Phi) is 3.57. The van der Waals surface area contributed by atoms with E-state index in [1.165, 1.54) is 0 Å². The normalized spacial score (nSPS) is 21.2. The van der Waals surface area contributed by atoms with Crippen molar-refractivity contribution in [2.24, 2.45) is 4.99 Å². The van der Waals surface area contributed by atoms with E-state index < -0.39 is 0 Å². The van der Waals surface area contributed by atoms with Crippen LogP contribution in [0.25, 0.3) is 0 Å². The molecule has 2 aromatic carbocycles. The van der Waals surface area contributed by atoms with Gasteiger partial charge in [-0.15, -0.1) is 0 Å². The highest BCUT2D eigenvalue weighted by molar-refractivity contribution is 6.04. The van der Waals surface area contributed by atoms with Gasteiger partial charge in [0, 0.05) is 12.6 Å². The fourth-order valence-electron chi connectivity index (χ4n) is 2.78. The molecule has 3 nitrogen and oxygen atoms in total. The van der Waals surface area contributed by atoms with Gasteiger partial charge in [0.1, 0.15) is 12.1 Å². The molecule has 0 amide bonds. The van der Waals surface area contributed by atoms with Crippen LogP contribution < -0.4 is 0 Å². The lowest BCUT2D eigenvalue weighted by Gasteiger charge is -2.25. The molecule has 3 heteroatoms. The van der Waals surface area contributed by atoms with Crippen LogP contribution in [0.3, 0.4) is 0 Å². The fourth-order valence-corrected chi connectivity index (χ4v) is 2.78. The SMILES string of the molecule is CC1=N[C@@H](c2ccccc2)[C@H](C(=O)c2ccccc2)N1C. The molecule has 0 aromatic heterocycles. The van der Waals surface area contributed by atoms with Gasteiger partial charge in [0.05, 0.1) is 5.84 Å². The third kappa shape index (κ3) is 2.47. The molecule has 2 aromatic rings. The number of hydrogen-bond acceptors (Lipinski definition) is 3. The number of Topliss-reactive ketones (excluding diaryl/α,β-unsaturated/α-hetero) is 1.